The Balaban J connectivity index is 1.66. The van der Waals surface area contributed by atoms with Crippen LogP contribution in [0.5, 0.6) is 0 Å². The maximum absolute atomic E-state index is 5.76. The Morgan fingerprint density at radius 2 is 2.33 bits per heavy atom. The van der Waals surface area contributed by atoms with Crippen LogP contribution in [-0.4, -0.2) is 29.9 Å². The topological polar surface area (TPSA) is 33.3 Å². The lowest BCUT2D eigenvalue weighted by Crippen LogP contribution is -2.46. The number of rotatable bonds is 4. The molecule has 0 amide bonds. The Hall–Kier alpha value is -0.350. The van der Waals surface area contributed by atoms with Crippen LogP contribution in [0.15, 0.2) is 0 Å². The number of hydrogen-bond acceptors (Lipinski definition) is 2. The van der Waals surface area contributed by atoms with Crippen LogP contribution in [0.1, 0.15) is 39.0 Å². The zero-order valence-corrected chi connectivity index (χ0v) is 10.1. The van der Waals surface area contributed by atoms with E-state index >= 15 is 0 Å². The quantitative estimate of drug-likeness (QED) is 0.565. The lowest BCUT2D eigenvalue weighted by atomic mass is 9.96. The van der Waals surface area contributed by atoms with Gasteiger partial charge in [0.2, 0.25) is 0 Å². The van der Waals surface area contributed by atoms with Crippen molar-refractivity contribution in [3.63, 3.8) is 0 Å². The largest absolute Gasteiger partial charge is 0.373 e. The van der Waals surface area contributed by atoms with E-state index in [0.717, 1.165) is 18.1 Å². The normalized spacial score (nSPS) is 33.0. The smallest absolute Gasteiger partial charge is 0.166 e. The molecule has 2 aliphatic rings. The van der Waals surface area contributed by atoms with Crippen molar-refractivity contribution in [3.05, 3.63) is 0 Å². The van der Waals surface area contributed by atoms with Gasteiger partial charge in [0.15, 0.2) is 5.11 Å². The molecule has 2 fully saturated rings. The van der Waals surface area contributed by atoms with Crippen LogP contribution in [0.3, 0.4) is 0 Å². The number of hydrogen-bond donors (Lipinski definition) is 2. The highest BCUT2D eigenvalue weighted by Crippen LogP contribution is 2.34. The van der Waals surface area contributed by atoms with Gasteiger partial charge in [-0.1, -0.05) is 13.3 Å². The number of ether oxygens (including phenoxy) is 1. The fourth-order valence-corrected chi connectivity index (χ4v) is 2.64. The number of fused-ring (bicyclic) bond motifs is 2. The molecule has 2 saturated heterocycles. The first kappa shape index (κ1) is 11.1. The predicted octanol–water partition coefficient (Wildman–Crippen LogP) is 1.57. The Morgan fingerprint density at radius 3 is 2.93 bits per heavy atom. The minimum Gasteiger partial charge on any atom is -0.373 e. The van der Waals surface area contributed by atoms with Crippen molar-refractivity contribution in [1.29, 1.82) is 0 Å². The molecule has 0 aromatic rings. The van der Waals surface area contributed by atoms with E-state index in [1.165, 1.54) is 25.7 Å². The van der Waals surface area contributed by atoms with Crippen LogP contribution in [-0.2, 0) is 4.74 Å². The van der Waals surface area contributed by atoms with Crippen molar-refractivity contribution >= 4 is 17.3 Å². The fraction of sp³-hybridized carbons (Fsp3) is 0.909. The number of thiocarbonyl (C=S) groups is 1. The third kappa shape index (κ3) is 2.82. The first-order chi connectivity index (χ1) is 7.29. The summed E-state index contributed by atoms with van der Waals surface area (Å²) in [6.07, 6.45) is 6.83. The van der Waals surface area contributed by atoms with E-state index < -0.39 is 0 Å². The summed E-state index contributed by atoms with van der Waals surface area (Å²) in [6.45, 7) is 3.16. The third-order valence-electron chi connectivity index (χ3n) is 3.24. The van der Waals surface area contributed by atoms with Gasteiger partial charge >= 0.3 is 0 Å². The van der Waals surface area contributed by atoms with Crippen LogP contribution in [0, 0.1) is 0 Å². The first-order valence-corrected chi connectivity index (χ1v) is 6.40. The molecular weight excluding hydrogens is 208 g/mol. The van der Waals surface area contributed by atoms with Crippen molar-refractivity contribution in [2.75, 3.05) is 6.54 Å². The molecule has 3 nitrogen and oxygen atoms in total. The Labute approximate surface area is 96.9 Å². The second-order valence-electron chi connectivity index (χ2n) is 4.47. The number of nitrogens with one attached hydrogen (secondary N) is 2. The van der Waals surface area contributed by atoms with Gasteiger partial charge in [-0.15, -0.1) is 0 Å². The molecule has 15 heavy (non-hydrogen) atoms. The van der Waals surface area contributed by atoms with Crippen LogP contribution in [0.25, 0.3) is 0 Å². The van der Waals surface area contributed by atoms with E-state index in [9.17, 15) is 0 Å². The van der Waals surface area contributed by atoms with Crippen molar-refractivity contribution in [3.8, 4) is 0 Å². The van der Waals surface area contributed by atoms with Crippen LogP contribution >= 0.6 is 12.2 Å². The molecule has 0 radical (unpaired) electrons. The van der Waals surface area contributed by atoms with Gasteiger partial charge in [-0.2, -0.15) is 0 Å². The van der Waals surface area contributed by atoms with E-state index in [-0.39, 0.29) is 0 Å². The molecule has 2 N–H and O–H groups in total. The molecule has 2 bridgehead atoms. The molecular formula is C11H20N2OS. The fourth-order valence-electron chi connectivity index (χ4n) is 2.39. The van der Waals surface area contributed by atoms with Gasteiger partial charge in [-0.3, -0.25) is 0 Å². The molecule has 3 unspecified atom stereocenters. The maximum atomic E-state index is 5.76. The molecule has 3 atom stereocenters. The molecule has 86 valence electrons. The molecule has 4 heteroatoms. The van der Waals surface area contributed by atoms with Gasteiger partial charge in [0, 0.05) is 6.54 Å². The summed E-state index contributed by atoms with van der Waals surface area (Å²) >= 11 is 5.24. The molecule has 2 rings (SSSR count). The monoisotopic (exact) mass is 228 g/mol. The SMILES string of the molecule is CCCCNC(=S)NC1CC2CCC1O2. The van der Waals surface area contributed by atoms with Gasteiger partial charge in [-0.25, -0.2) is 0 Å². The van der Waals surface area contributed by atoms with Crippen LogP contribution in [0.2, 0.25) is 0 Å². The Bertz CT molecular complexity index is 235. The Morgan fingerprint density at radius 1 is 1.47 bits per heavy atom. The van der Waals surface area contributed by atoms with E-state index in [4.69, 9.17) is 17.0 Å². The highest BCUT2D eigenvalue weighted by molar-refractivity contribution is 7.80. The average Bonchev–Trinajstić information content (AvgIpc) is 2.79. The standard InChI is InChI=1S/C11H20N2OS/c1-2-3-6-12-11(15)13-9-7-8-4-5-10(9)14-8/h8-10H,2-7H2,1H3,(H2,12,13,15). The molecule has 0 aromatic heterocycles. The maximum Gasteiger partial charge on any atom is 0.166 e. The minimum atomic E-state index is 0.404. The molecule has 2 heterocycles. The molecule has 0 aliphatic carbocycles. The van der Waals surface area contributed by atoms with Crippen molar-refractivity contribution in [1.82, 2.24) is 10.6 Å². The van der Waals surface area contributed by atoms with Crippen LogP contribution < -0.4 is 10.6 Å². The summed E-state index contributed by atoms with van der Waals surface area (Å²) in [5, 5.41) is 7.40. The van der Waals surface area contributed by atoms with Crippen molar-refractivity contribution < 1.29 is 4.74 Å². The minimum absolute atomic E-state index is 0.404. The summed E-state index contributed by atoms with van der Waals surface area (Å²) in [7, 11) is 0. The zero-order valence-electron chi connectivity index (χ0n) is 9.29. The highest BCUT2D eigenvalue weighted by atomic mass is 32.1. The molecule has 0 saturated carbocycles. The summed E-state index contributed by atoms with van der Waals surface area (Å²) in [5.74, 6) is 0. The van der Waals surface area contributed by atoms with Gasteiger partial charge in [0.1, 0.15) is 0 Å². The summed E-state index contributed by atoms with van der Waals surface area (Å²) in [6, 6.07) is 0.449. The van der Waals surface area contributed by atoms with Gasteiger partial charge < -0.3 is 15.4 Å². The second kappa shape index (κ2) is 5.12. The van der Waals surface area contributed by atoms with Crippen molar-refractivity contribution in [2.45, 2.75) is 57.3 Å². The van der Waals surface area contributed by atoms with E-state index in [1.807, 2.05) is 0 Å². The predicted molar refractivity (Wildman–Crippen MR) is 64.9 cm³/mol. The van der Waals surface area contributed by atoms with E-state index in [1.54, 1.807) is 0 Å². The van der Waals surface area contributed by atoms with E-state index in [0.29, 0.717) is 18.2 Å². The van der Waals surface area contributed by atoms with E-state index in [2.05, 4.69) is 17.6 Å². The van der Waals surface area contributed by atoms with Gasteiger partial charge in [0.05, 0.1) is 18.2 Å². The van der Waals surface area contributed by atoms with Crippen LogP contribution in [0.4, 0.5) is 0 Å². The zero-order chi connectivity index (χ0) is 10.7. The lowest BCUT2D eigenvalue weighted by molar-refractivity contribution is 0.0993. The number of unbranched alkanes of at least 4 members (excludes halogenated alkanes) is 1. The molecule has 0 aromatic carbocycles. The first-order valence-electron chi connectivity index (χ1n) is 5.99. The molecule has 2 aliphatic heterocycles. The average molecular weight is 228 g/mol. The lowest BCUT2D eigenvalue weighted by Gasteiger charge is -2.21. The highest BCUT2D eigenvalue weighted by Gasteiger charge is 2.40. The molecule has 0 spiro atoms. The summed E-state index contributed by atoms with van der Waals surface area (Å²) in [4.78, 5) is 0. The second-order valence-corrected chi connectivity index (χ2v) is 4.88. The van der Waals surface area contributed by atoms with Gasteiger partial charge in [-0.05, 0) is 37.9 Å². The third-order valence-corrected chi connectivity index (χ3v) is 3.50. The Kier molecular flexibility index (Phi) is 3.81. The summed E-state index contributed by atoms with van der Waals surface area (Å²) < 4.78 is 5.76. The summed E-state index contributed by atoms with van der Waals surface area (Å²) in [5.41, 5.74) is 0. The van der Waals surface area contributed by atoms with Crippen molar-refractivity contribution in [2.24, 2.45) is 0 Å². The van der Waals surface area contributed by atoms with Gasteiger partial charge in [0.25, 0.3) is 0 Å².